The van der Waals surface area contributed by atoms with Crippen molar-refractivity contribution in [1.29, 1.82) is 0 Å². The number of halogens is 2. The van der Waals surface area contributed by atoms with Gasteiger partial charge in [0.2, 0.25) is 0 Å². The number of aryl methyl sites for hydroxylation is 1. The topological polar surface area (TPSA) is 68.0 Å². The van der Waals surface area contributed by atoms with Crippen LogP contribution in [0.1, 0.15) is 5.56 Å². The SMILES string of the molecule is Cc1ccc(NS(=O)c2ccc(Cl)c3nonc23)c(Cl)c1. The predicted molar refractivity (Wildman–Crippen MR) is 83.0 cm³/mol. The van der Waals surface area contributed by atoms with Crippen LogP contribution >= 0.6 is 23.2 Å². The number of aromatic nitrogens is 2. The van der Waals surface area contributed by atoms with E-state index in [0.717, 1.165) is 5.56 Å². The van der Waals surface area contributed by atoms with Crippen molar-refractivity contribution in [2.24, 2.45) is 0 Å². The summed E-state index contributed by atoms with van der Waals surface area (Å²) in [5, 5.41) is 8.31. The maximum atomic E-state index is 12.5. The van der Waals surface area contributed by atoms with Crippen molar-refractivity contribution < 1.29 is 8.84 Å². The van der Waals surface area contributed by atoms with E-state index in [9.17, 15) is 4.21 Å². The number of fused-ring (bicyclic) bond motifs is 1. The molecule has 0 radical (unpaired) electrons. The van der Waals surface area contributed by atoms with Crippen LogP contribution in [0.25, 0.3) is 11.0 Å². The van der Waals surface area contributed by atoms with Crippen molar-refractivity contribution in [2.45, 2.75) is 11.8 Å². The van der Waals surface area contributed by atoms with E-state index in [1.807, 2.05) is 13.0 Å². The number of hydrogen-bond acceptors (Lipinski definition) is 4. The van der Waals surface area contributed by atoms with Crippen LogP contribution in [0.5, 0.6) is 0 Å². The van der Waals surface area contributed by atoms with Gasteiger partial charge in [0, 0.05) is 0 Å². The maximum absolute atomic E-state index is 12.5. The number of benzene rings is 2. The van der Waals surface area contributed by atoms with Crippen molar-refractivity contribution in [2.75, 3.05) is 4.72 Å². The first-order valence-corrected chi connectivity index (χ1v) is 7.82. The number of hydrogen-bond donors (Lipinski definition) is 1. The molecule has 0 saturated heterocycles. The second-order valence-electron chi connectivity index (χ2n) is 4.36. The van der Waals surface area contributed by atoms with Crippen molar-refractivity contribution in [3.05, 3.63) is 45.9 Å². The minimum absolute atomic E-state index is 0.358. The van der Waals surface area contributed by atoms with Gasteiger partial charge >= 0.3 is 0 Å². The van der Waals surface area contributed by atoms with Gasteiger partial charge in [-0.25, -0.2) is 8.84 Å². The van der Waals surface area contributed by atoms with Crippen molar-refractivity contribution in [3.8, 4) is 0 Å². The lowest BCUT2D eigenvalue weighted by atomic mass is 10.2. The van der Waals surface area contributed by atoms with Crippen molar-refractivity contribution in [3.63, 3.8) is 0 Å². The molecule has 21 heavy (non-hydrogen) atoms. The molecule has 2 aromatic carbocycles. The zero-order valence-electron chi connectivity index (χ0n) is 10.8. The van der Waals surface area contributed by atoms with Crippen LogP contribution < -0.4 is 4.72 Å². The van der Waals surface area contributed by atoms with Crippen LogP contribution in [-0.4, -0.2) is 14.5 Å². The average molecular weight is 342 g/mol. The minimum atomic E-state index is -1.57. The third-order valence-electron chi connectivity index (χ3n) is 2.86. The molecule has 5 nitrogen and oxygen atoms in total. The predicted octanol–water partition coefficient (Wildman–Crippen LogP) is 3.97. The highest BCUT2D eigenvalue weighted by molar-refractivity contribution is 7.86. The summed E-state index contributed by atoms with van der Waals surface area (Å²) in [5.74, 6) is 0. The van der Waals surface area contributed by atoms with Gasteiger partial charge in [0.15, 0.2) is 22.0 Å². The van der Waals surface area contributed by atoms with Gasteiger partial charge in [0.1, 0.15) is 0 Å². The molecule has 108 valence electrons. The zero-order chi connectivity index (χ0) is 15.0. The Balaban J connectivity index is 1.97. The fourth-order valence-corrected chi connectivity index (χ4v) is 3.34. The molecule has 0 spiro atoms. The minimum Gasteiger partial charge on any atom is -0.300 e. The lowest BCUT2D eigenvalue weighted by Crippen LogP contribution is -2.06. The van der Waals surface area contributed by atoms with Gasteiger partial charge in [0.05, 0.1) is 20.6 Å². The van der Waals surface area contributed by atoms with E-state index in [0.29, 0.717) is 31.7 Å². The van der Waals surface area contributed by atoms with E-state index < -0.39 is 11.0 Å². The number of anilines is 1. The first-order chi connectivity index (χ1) is 10.1. The summed E-state index contributed by atoms with van der Waals surface area (Å²) in [7, 11) is -1.57. The molecule has 0 aliphatic rings. The van der Waals surface area contributed by atoms with E-state index in [-0.39, 0.29) is 0 Å². The van der Waals surface area contributed by atoms with Crippen molar-refractivity contribution >= 4 is 50.9 Å². The Labute approximate surface area is 132 Å². The standard InChI is InChI=1S/C13H9Cl2N3O2S/c1-7-2-4-10(9(15)6-7)18-21(19)11-5-3-8(14)12-13(11)17-20-16-12/h2-6,18H,1H3. The van der Waals surface area contributed by atoms with Gasteiger partial charge < -0.3 is 0 Å². The summed E-state index contributed by atoms with van der Waals surface area (Å²) >= 11 is 12.1. The van der Waals surface area contributed by atoms with E-state index in [1.54, 1.807) is 24.3 Å². The Morgan fingerprint density at radius 3 is 2.62 bits per heavy atom. The Morgan fingerprint density at radius 1 is 1.10 bits per heavy atom. The normalized spacial score (nSPS) is 12.5. The molecule has 1 atom stereocenters. The second-order valence-corrected chi connectivity index (χ2v) is 6.36. The summed E-state index contributed by atoms with van der Waals surface area (Å²) in [4.78, 5) is 0.423. The van der Waals surface area contributed by atoms with Gasteiger partial charge in [-0.1, -0.05) is 29.3 Å². The lowest BCUT2D eigenvalue weighted by molar-refractivity contribution is 0.315. The molecular weight excluding hydrogens is 333 g/mol. The summed E-state index contributed by atoms with van der Waals surface area (Å²) in [6.45, 7) is 1.93. The van der Waals surface area contributed by atoms with Crippen molar-refractivity contribution in [1.82, 2.24) is 10.3 Å². The molecule has 0 aliphatic carbocycles. The molecule has 3 rings (SSSR count). The molecule has 0 bridgehead atoms. The number of nitrogens with one attached hydrogen (secondary N) is 1. The van der Waals surface area contributed by atoms with E-state index in [2.05, 4.69) is 19.7 Å². The lowest BCUT2D eigenvalue weighted by Gasteiger charge is -2.08. The monoisotopic (exact) mass is 341 g/mol. The molecule has 1 unspecified atom stereocenters. The molecule has 1 N–H and O–H groups in total. The Hall–Kier alpha value is -1.63. The zero-order valence-corrected chi connectivity index (χ0v) is 13.1. The molecule has 1 heterocycles. The molecule has 3 aromatic rings. The fourth-order valence-electron chi connectivity index (χ4n) is 1.82. The largest absolute Gasteiger partial charge is 0.300 e. The number of nitrogens with zero attached hydrogens (tertiary/aromatic N) is 2. The van der Waals surface area contributed by atoms with Gasteiger partial charge in [-0.15, -0.1) is 0 Å². The Morgan fingerprint density at radius 2 is 1.86 bits per heavy atom. The molecule has 8 heteroatoms. The number of rotatable bonds is 3. The summed E-state index contributed by atoms with van der Waals surface area (Å²) in [6.07, 6.45) is 0. The molecular formula is C13H9Cl2N3O2S. The van der Waals surface area contributed by atoms with E-state index in [4.69, 9.17) is 23.2 Å². The van der Waals surface area contributed by atoms with E-state index in [1.165, 1.54) is 0 Å². The smallest absolute Gasteiger partial charge is 0.155 e. The first kappa shape index (κ1) is 14.3. The van der Waals surface area contributed by atoms with Gasteiger partial charge in [-0.3, -0.25) is 4.72 Å². The van der Waals surface area contributed by atoms with Gasteiger partial charge in [-0.2, -0.15) is 0 Å². The summed E-state index contributed by atoms with van der Waals surface area (Å²) in [5.41, 5.74) is 2.32. The van der Waals surface area contributed by atoms with Crippen LogP contribution in [0.15, 0.2) is 39.9 Å². The molecule has 0 amide bonds. The third-order valence-corrected chi connectivity index (χ3v) is 4.61. The van der Waals surface area contributed by atoms with Gasteiger partial charge in [0.25, 0.3) is 0 Å². The average Bonchev–Trinajstić information content (AvgIpc) is 2.92. The Kier molecular flexibility index (Phi) is 3.84. The third kappa shape index (κ3) is 2.74. The van der Waals surface area contributed by atoms with E-state index >= 15 is 0 Å². The highest BCUT2D eigenvalue weighted by atomic mass is 35.5. The van der Waals surface area contributed by atoms with Crippen LogP contribution in [0.3, 0.4) is 0 Å². The quantitative estimate of drug-likeness (QED) is 0.782. The molecule has 0 saturated carbocycles. The molecule has 0 aliphatic heterocycles. The van der Waals surface area contributed by atoms with Crippen LogP contribution in [0.2, 0.25) is 10.0 Å². The highest BCUT2D eigenvalue weighted by Gasteiger charge is 2.16. The van der Waals surface area contributed by atoms with Crippen LogP contribution in [0, 0.1) is 6.92 Å². The van der Waals surface area contributed by atoms with Gasteiger partial charge in [-0.05, 0) is 47.1 Å². The molecule has 1 aromatic heterocycles. The Bertz CT molecular complexity index is 851. The molecule has 0 fully saturated rings. The highest BCUT2D eigenvalue weighted by Crippen LogP contribution is 2.28. The summed E-state index contributed by atoms with van der Waals surface area (Å²) in [6, 6.07) is 8.64. The van der Waals surface area contributed by atoms with Crippen LogP contribution in [0.4, 0.5) is 5.69 Å². The second kappa shape index (κ2) is 5.63. The summed E-state index contributed by atoms with van der Waals surface area (Å²) < 4.78 is 20.0. The first-order valence-electron chi connectivity index (χ1n) is 5.91. The fraction of sp³-hybridized carbons (Fsp3) is 0.0769. The van der Waals surface area contributed by atoms with Crippen LogP contribution in [-0.2, 0) is 11.0 Å². The maximum Gasteiger partial charge on any atom is 0.155 e.